The number of carbonyl (C=O) groups excluding carboxylic acids is 1. The van der Waals surface area contributed by atoms with Crippen LogP contribution >= 0.6 is 0 Å². The number of rotatable bonds is 7. The third-order valence-corrected chi connectivity index (χ3v) is 4.90. The van der Waals surface area contributed by atoms with E-state index in [-0.39, 0.29) is 10.8 Å². The number of amides is 1. The van der Waals surface area contributed by atoms with Gasteiger partial charge in [-0.3, -0.25) is 9.35 Å². The third kappa shape index (κ3) is 9.56. The first-order valence-electron chi connectivity index (χ1n) is 9.25. The van der Waals surface area contributed by atoms with Crippen LogP contribution < -0.4 is 10.2 Å². The normalized spacial score (nSPS) is 10.9. The minimum atomic E-state index is -4.02. The first-order chi connectivity index (χ1) is 13.5. The van der Waals surface area contributed by atoms with Crippen molar-refractivity contribution in [3.63, 3.8) is 0 Å². The lowest BCUT2D eigenvalue weighted by Crippen LogP contribution is -2.27. The molecular weight excluding hydrogens is 390 g/mol. The van der Waals surface area contributed by atoms with Crippen molar-refractivity contribution in [1.82, 2.24) is 10.2 Å². The van der Waals surface area contributed by atoms with Crippen LogP contribution in [0, 0.1) is 6.92 Å². The van der Waals surface area contributed by atoms with Gasteiger partial charge in [-0.2, -0.15) is 8.42 Å². The van der Waals surface area contributed by atoms with Crippen LogP contribution in [-0.4, -0.2) is 65.1 Å². The molecule has 0 aliphatic carbocycles. The van der Waals surface area contributed by atoms with Crippen molar-refractivity contribution in [2.24, 2.45) is 0 Å². The summed E-state index contributed by atoms with van der Waals surface area (Å²) in [4.78, 5) is 15.9. The lowest BCUT2D eigenvalue weighted by Gasteiger charge is -2.13. The molecule has 0 fully saturated rings. The Hall–Kier alpha value is -2.42. The summed E-state index contributed by atoms with van der Waals surface area (Å²) >= 11 is 0. The minimum absolute atomic E-state index is 0.000868. The van der Waals surface area contributed by atoms with Gasteiger partial charge in [0, 0.05) is 31.9 Å². The van der Waals surface area contributed by atoms with E-state index in [1.54, 1.807) is 12.1 Å². The van der Waals surface area contributed by atoms with Gasteiger partial charge in [-0.15, -0.1) is 0 Å². The second-order valence-electron chi connectivity index (χ2n) is 7.14. The lowest BCUT2D eigenvalue weighted by atomic mass is 10.2. The van der Waals surface area contributed by atoms with Crippen LogP contribution in [0.15, 0.2) is 53.4 Å². The molecule has 0 unspecified atom stereocenters. The molecule has 2 N–H and O–H groups in total. The highest BCUT2D eigenvalue weighted by Gasteiger charge is 2.07. The summed E-state index contributed by atoms with van der Waals surface area (Å²) in [5.74, 6) is -0.000868. The first kappa shape index (κ1) is 24.6. The summed E-state index contributed by atoms with van der Waals surface area (Å²) in [5.41, 5.74) is 2.77. The fourth-order valence-electron chi connectivity index (χ4n) is 2.32. The van der Waals surface area contributed by atoms with E-state index in [9.17, 15) is 13.2 Å². The average Bonchev–Trinajstić information content (AvgIpc) is 2.65. The van der Waals surface area contributed by atoms with Gasteiger partial charge in [-0.25, -0.2) is 0 Å². The van der Waals surface area contributed by atoms with Crippen LogP contribution in [0.2, 0.25) is 0 Å². The van der Waals surface area contributed by atoms with Gasteiger partial charge in [0.05, 0.1) is 4.90 Å². The monoisotopic (exact) mass is 421 g/mol. The molecule has 0 saturated carbocycles. The Bertz CT molecular complexity index is 862. The highest BCUT2D eigenvalue weighted by atomic mass is 32.2. The molecule has 0 aliphatic rings. The van der Waals surface area contributed by atoms with Crippen LogP contribution in [0.4, 0.5) is 5.69 Å². The van der Waals surface area contributed by atoms with Gasteiger partial charge in [0.1, 0.15) is 0 Å². The van der Waals surface area contributed by atoms with E-state index in [0.29, 0.717) is 12.1 Å². The summed E-state index contributed by atoms with van der Waals surface area (Å²) < 4.78 is 29.6. The Morgan fingerprint density at radius 1 is 0.966 bits per heavy atom. The molecule has 0 saturated heterocycles. The number of nitrogens with one attached hydrogen (secondary N) is 1. The zero-order valence-corrected chi connectivity index (χ0v) is 18.5. The Kier molecular flexibility index (Phi) is 9.80. The molecule has 0 atom stereocenters. The van der Waals surface area contributed by atoms with Crippen LogP contribution in [0.1, 0.15) is 22.3 Å². The van der Waals surface area contributed by atoms with Crippen molar-refractivity contribution in [1.29, 1.82) is 0 Å². The highest BCUT2D eigenvalue weighted by molar-refractivity contribution is 7.85. The molecule has 29 heavy (non-hydrogen) atoms. The van der Waals surface area contributed by atoms with Crippen molar-refractivity contribution < 1.29 is 17.8 Å². The Labute approximate surface area is 174 Å². The Balaban J connectivity index is 0.000000326. The van der Waals surface area contributed by atoms with Crippen molar-refractivity contribution in [3.05, 3.63) is 59.7 Å². The molecule has 2 rings (SSSR count). The van der Waals surface area contributed by atoms with Crippen LogP contribution in [0.25, 0.3) is 0 Å². The van der Waals surface area contributed by atoms with E-state index in [1.165, 1.54) is 12.1 Å². The summed E-state index contributed by atoms with van der Waals surface area (Å²) in [7, 11) is 4.00. The quantitative estimate of drug-likeness (QED) is 0.528. The Morgan fingerprint density at radius 3 is 1.97 bits per heavy atom. The van der Waals surface area contributed by atoms with Gasteiger partial charge in [0.25, 0.3) is 16.0 Å². The standard InChI is InChI=1S/C14H23N3O.C7H8O3S/c1-16(2)11-5-10-15-14(18)12-6-8-13(9-7-12)17(3)4;1-6-2-4-7(5-3-6)11(8,9)10/h6-9H,5,10-11H2,1-4H3,(H,15,18);2-5H,1H3,(H,8,9,10). The second kappa shape index (κ2) is 11.5. The fraction of sp³-hybridized carbons (Fsp3) is 0.381. The van der Waals surface area contributed by atoms with Gasteiger partial charge in [0.2, 0.25) is 0 Å². The second-order valence-corrected chi connectivity index (χ2v) is 8.56. The first-order valence-corrected chi connectivity index (χ1v) is 10.7. The van der Waals surface area contributed by atoms with E-state index in [0.717, 1.165) is 24.2 Å². The van der Waals surface area contributed by atoms with E-state index >= 15 is 0 Å². The van der Waals surface area contributed by atoms with E-state index in [1.807, 2.05) is 64.3 Å². The maximum absolute atomic E-state index is 11.8. The molecule has 0 radical (unpaired) electrons. The molecule has 1 amide bonds. The van der Waals surface area contributed by atoms with Gasteiger partial charge in [0.15, 0.2) is 0 Å². The molecule has 0 heterocycles. The van der Waals surface area contributed by atoms with Gasteiger partial charge < -0.3 is 15.1 Å². The SMILES string of the molecule is CN(C)CCCNC(=O)c1ccc(N(C)C)cc1.Cc1ccc(S(=O)(=O)O)cc1. The summed E-state index contributed by atoms with van der Waals surface area (Å²) in [6, 6.07) is 13.6. The van der Waals surface area contributed by atoms with E-state index in [2.05, 4.69) is 10.2 Å². The molecular formula is C21H31N3O4S. The van der Waals surface area contributed by atoms with Gasteiger partial charge >= 0.3 is 0 Å². The molecule has 0 aliphatic heterocycles. The van der Waals surface area contributed by atoms with Crippen molar-refractivity contribution in [2.75, 3.05) is 46.2 Å². The van der Waals surface area contributed by atoms with Gasteiger partial charge in [-0.1, -0.05) is 17.7 Å². The molecule has 0 aromatic heterocycles. The van der Waals surface area contributed by atoms with Crippen LogP contribution in [0.3, 0.4) is 0 Å². The molecule has 0 spiro atoms. The maximum Gasteiger partial charge on any atom is 0.294 e. The zero-order valence-electron chi connectivity index (χ0n) is 17.7. The topological polar surface area (TPSA) is 90.0 Å². The number of hydrogen-bond acceptors (Lipinski definition) is 5. The number of benzene rings is 2. The number of anilines is 1. The molecule has 2 aromatic rings. The zero-order chi connectivity index (χ0) is 22.0. The molecule has 0 bridgehead atoms. The predicted octanol–water partition coefficient (Wildman–Crippen LogP) is 2.68. The average molecular weight is 422 g/mol. The lowest BCUT2D eigenvalue weighted by molar-refractivity contribution is 0.0952. The van der Waals surface area contributed by atoms with Crippen LogP contribution in [0.5, 0.6) is 0 Å². The summed E-state index contributed by atoms with van der Waals surface area (Å²) in [5, 5.41) is 2.92. The summed E-state index contributed by atoms with van der Waals surface area (Å²) in [6.07, 6.45) is 0.967. The fourth-order valence-corrected chi connectivity index (χ4v) is 2.80. The molecule has 8 heteroatoms. The largest absolute Gasteiger partial charge is 0.378 e. The van der Waals surface area contributed by atoms with E-state index < -0.39 is 10.1 Å². The van der Waals surface area contributed by atoms with Crippen LogP contribution in [-0.2, 0) is 10.1 Å². The number of hydrogen-bond donors (Lipinski definition) is 2. The number of nitrogens with zero attached hydrogens (tertiary/aromatic N) is 2. The molecule has 160 valence electrons. The number of carbonyl (C=O) groups is 1. The molecule has 2 aromatic carbocycles. The summed E-state index contributed by atoms with van der Waals surface area (Å²) in [6.45, 7) is 3.54. The van der Waals surface area contributed by atoms with Crippen molar-refractivity contribution in [3.8, 4) is 0 Å². The van der Waals surface area contributed by atoms with Crippen molar-refractivity contribution >= 4 is 21.7 Å². The Morgan fingerprint density at radius 2 is 1.52 bits per heavy atom. The van der Waals surface area contributed by atoms with Gasteiger partial charge in [-0.05, 0) is 70.4 Å². The minimum Gasteiger partial charge on any atom is -0.378 e. The molecule has 7 nitrogen and oxygen atoms in total. The maximum atomic E-state index is 11.8. The van der Waals surface area contributed by atoms with Crippen molar-refractivity contribution in [2.45, 2.75) is 18.2 Å². The number of aryl methyl sites for hydroxylation is 1. The predicted molar refractivity (Wildman–Crippen MR) is 117 cm³/mol. The highest BCUT2D eigenvalue weighted by Crippen LogP contribution is 2.12. The smallest absolute Gasteiger partial charge is 0.294 e. The third-order valence-electron chi connectivity index (χ3n) is 4.03. The van der Waals surface area contributed by atoms with E-state index in [4.69, 9.17) is 4.55 Å².